The first-order chi connectivity index (χ1) is 8.55. The molecular weight excluding hydrogens is 250 g/mol. The van der Waals surface area contributed by atoms with Gasteiger partial charge in [0.25, 0.3) is 0 Å². The van der Waals surface area contributed by atoms with E-state index in [1.54, 1.807) is 12.3 Å². The number of nitrogens with two attached hydrogens (primary N) is 1. The molecule has 96 valence electrons. The molecule has 3 rings (SSSR count). The van der Waals surface area contributed by atoms with Crippen LogP contribution in [0.3, 0.4) is 0 Å². The fourth-order valence-electron chi connectivity index (χ4n) is 2.57. The van der Waals surface area contributed by atoms with E-state index in [1.165, 1.54) is 0 Å². The molecule has 5 nitrogen and oxygen atoms in total. The van der Waals surface area contributed by atoms with Crippen molar-refractivity contribution in [2.24, 2.45) is 0 Å². The lowest BCUT2D eigenvalue weighted by atomic mass is 10.1. The second-order valence-corrected chi connectivity index (χ2v) is 7.05. The molecule has 3 heterocycles. The first kappa shape index (κ1) is 11.5. The van der Waals surface area contributed by atoms with Gasteiger partial charge in [0.05, 0.1) is 23.2 Å². The van der Waals surface area contributed by atoms with E-state index < -0.39 is 9.84 Å². The van der Waals surface area contributed by atoms with E-state index in [9.17, 15) is 8.42 Å². The fourth-order valence-corrected chi connectivity index (χ4v) is 4.27. The largest absolute Gasteiger partial charge is 0.399 e. The minimum Gasteiger partial charge on any atom is -0.399 e. The van der Waals surface area contributed by atoms with Crippen LogP contribution in [-0.4, -0.2) is 29.3 Å². The zero-order chi connectivity index (χ0) is 12.8. The number of hydrogen-bond acceptors (Lipinski definition) is 4. The van der Waals surface area contributed by atoms with Gasteiger partial charge in [-0.05, 0) is 25.0 Å². The maximum Gasteiger partial charge on any atom is 0.151 e. The van der Waals surface area contributed by atoms with E-state index in [4.69, 9.17) is 5.73 Å². The average Bonchev–Trinajstić information content (AvgIpc) is 2.70. The molecule has 0 amide bonds. The van der Waals surface area contributed by atoms with Gasteiger partial charge in [0.2, 0.25) is 0 Å². The van der Waals surface area contributed by atoms with Crippen LogP contribution >= 0.6 is 0 Å². The summed E-state index contributed by atoms with van der Waals surface area (Å²) in [5, 5.41) is 0. The van der Waals surface area contributed by atoms with E-state index >= 15 is 0 Å². The second kappa shape index (κ2) is 3.98. The molecule has 2 N–H and O–H groups in total. The molecule has 0 saturated carbocycles. The summed E-state index contributed by atoms with van der Waals surface area (Å²) in [6, 6.07) is 3.64. The van der Waals surface area contributed by atoms with Gasteiger partial charge in [-0.2, -0.15) is 0 Å². The number of aromatic nitrogens is 2. The van der Waals surface area contributed by atoms with Crippen LogP contribution in [0.2, 0.25) is 0 Å². The van der Waals surface area contributed by atoms with Crippen molar-refractivity contribution in [3.8, 4) is 0 Å². The highest BCUT2D eigenvalue weighted by Crippen LogP contribution is 2.28. The Balaban J connectivity index is 2.04. The number of nitrogens with zero attached hydrogens (tertiary/aromatic N) is 2. The predicted octanol–water partition coefficient (Wildman–Crippen LogP) is 1.21. The summed E-state index contributed by atoms with van der Waals surface area (Å²) < 4.78 is 25.3. The van der Waals surface area contributed by atoms with Crippen molar-refractivity contribution >= 4 is 21.0 Å². The molecule has 0 spiro atoms. The molecular formula is C12H15N3O2S. The molecule has 18 heavy (non-hydrogen) atoms. The van der Waals surface area contributed by atoms with Gasteiger partial charge < -0.3 is 10.1 Å². The number of fused-ring (bicyclic) bond motifs is 1. The number of pyridine rings is 1. The van der Waals surface area contributed by atoms with Gasteiger partial charge in [-0.3, -0.25) is 0 Å². The standard InChI is InChI=1S/C12H15N3O2S/c13-10-3-4-15-11(6-10)7-14-12(15)9-2-1-5-18(16,17)8-9/h3-4,6-7,9H,1-2,5,8,13H2. The van der Waals surface area contributed by atoms with Gasteiger partial charge in [-0.15, -0.1) is 0 Å². The Hall–Kier alpha value is -1.56. The number of rotatable bonds is 1. The summed E-state index contributed by atoms with van der Waals surface area (Å²) in [5.74, 6) is 1.33. The van der Waals surface area contributed by atoms with Crippen molar-refractivity contribution in [3.63, 3.8) is 0 Å². The number of anilines is 1. The van der Waals surface area contributed by atoms with Crippen molar-refractivity contribution in [3.05, 3.63) is 30.4 Å². The quantitative estimate of drug-likeness (QED) is 0.840. The Morgan fingerprint density at radius 1 is 1.44 bits per heavy atom. The van der Waals surface area contributed by atoms with Crippen LogP contribution in [0.1, 0.15) is 24.6 Å². The summed E-state index contributed by atoms with van der Waals surface area (Å²) in [7, 11) is -2.91. The van der Waals surface area contributed by atoms with Crippen LogP contribution < -0.4 is 5.73 Å². The molecule has 1 aliphatic heterocycles. The van der Waals surface area contributed by atoms with Crippen LogP contribution in [0.25, 0.3) is 5.52 Å². The molecule has 1 aliphatic rings. The first-order valence-corrected chi connectivity index (χ1v) is 7.80. The molecule has 1 atom stereocenters. The minimum atomic E-state index is -2.91. The van der Waals surface area contributed by atoms with Crippen LogP contribution in [0.5, 0.6) is 0 Å². The molecule has 0 aliphatic carbocycles. The maximum atomic E-state index is 11.7. The van der Waals surface area contributed by atoms with Crippen molar-refractivity contribution in [1.82, 2.24) is 9.38 Å². The minimum absolute atomic E-state index is 0.00475. The van der Waals surface area contributed by atoms with Crippen molar-refractivity contribution in [2.45, 2.75) is 18.8 Å². The summed E-state index contributed by atoms with van der Waals surface area (Å²) in [6.07, 6.45) is 5.20. The highest BCUT2D eigenvalue weighted by atomic mass is 32.2. The molecule has 2 aromatic heterocycles. The van der Waals surface area contributed by atoms with Gasteiger partial charge in [0.1, 0.15) is 5.82 Å². The average molecular weight is 265 g/mol. The Kier molecular flexibility index (Phi) is 2.55. The Morgan fingerprint density at radius 2 is 2.28 bits per heavy atom. The number of nitrogen functional groups attached to an aromatic ring is 1. The summed E-state index contributed by atoms with van der Waals surface area (Å²) in [5.41, 5.74) is 7.31. The zero-order valence-electron chi connectivity index (χ0n) is 9.91. The van der Waals surface area contributed by atoms with Crippen LogP contribution in [-0.2, 0) is 9.84 Å². The lowest BCUT2D eigenvalue weighted by Gasteiger charge is -2.20. The van der Waals surface area contributed by atoms with E-state index in [0.717, 1.165) is 24.2 Å². The van der Waals surface area contributed by atoms with Gasteiger partial charge in [-0.25, -0.2) is 13.4 Å². The van der Waals surface area contributed by atoms with Gasteiger partial charge in [-0.1, -0.05) is 0 Å². The Morgan fingerprint density at radius 3 is 3.06 bits per heavy atom. The van der Waals surface area contributed by atoms with E-state index in [-0.39, 0.29) is 11.7 Å². The van der Waals surface area contributed by atoms with Gasteiger partial charge >= 0.3 is 0 Å². The third-order valence-electron chi connectivity index (χ3n) is 3.41. The van der Waals surface area contributed by atoms with Crippen LogP contribution in [0.15, 0.2) is 24.5 Å². The summed E-state index contributed by atoms with van der Waals surface area (Å²) >= 11 is 0. The molecule has 6 heteroatoms. The monoisotopic (exact) mass is 265 g/mol. The normalized spacial score (nSPS) is 23.2. The SMILES string of the molecule is Nc1ccn2c(C3CCCS(=O)(=O)C3)ncc2c1. The number of imidazole rings is 1. The molecule has 2 aromatic rings. The molecule has 0 aromatic carbocycles. The Labute approximate surface area is 106 Å². The summed E-state index contributed by atoms with van der Waals surface area (Å²) in [4.78, 5) is 4.37. The van der Waals surface area contributed by atoms with E-state index in [2.05, 4.69) is 4.98 Å². The van der Waals surface area contributed by atoms with Gasteiger partial charge in [0, 0.05) is 17.8 Å². The fraction of sp³-hybridized carbons (Fsp3) is 0.417. The first-order valence-electron chi connectivity index (χ1n) is 5.98. The third-order valence-corrected chi connectivity index (χ3v) is 5.23. The maximum absolute atomic E-state index is 11.7. The van der Waals surface area contributed by atoms with Crippen LogP contribution in [0.4, 0.5) is 5.69 Å². The zero-order valence-corrected chi connectivity index (χ0v) is 10.7. The van der Waals surface area contributed by atoms with Crippen LogP contribution in [0, 0.1) is 0 Å². The smallest absolute Gasteiger partial charge is 0.151 e. The lowest BCUT2D eigenvalue weighted by Crippen LogP contribution is -2.25. The number of hydrogen-bond donors (Lipinski definition) is 1. The third kappa shape index (κ3) is 1.96. The van der Waals surface area contributed by atoms with E-state index in [1.807, 2.05) is 16.7 Å². The van der Waals surface area contributed by atoms with Gasteiger partial charge in [0.15, 0.2) is 9.84 Å². The Bertz CT molecular complexity index is 690. The lowest BCUT2D eigenvalue weighted by molar-refractivity contribution is 0.543. The molecule has 1 saturated heterocycles. The second-order valence-electron chi connectivity index (χ2n) is 4.82. The summed E-state index contributed by atoms with van der Waals surface area (Å²) in [6.45, 7) is 0. The van der Waals surface area contributed by atoms with Crippen molar-refractivity contribution in [2.75, 3.05) is 17.2 Å². The molecule has 0 bridgehead atoms. The van der Waals surface area contributed by atoms with Crippen molar-refractivity contribution < 1.29 is 8.42 Å². The van der Waals surface area contributed by atoms with Crippen molar-refractivity contribution in [1.29, 1.82) is 0 Å². The van der Waals surface area contributed by atoms with E-state index in [0.29, 0.717) is 11.4 Å². The topological polar surface area (TPSA) is 77.5 Å². The number of sulfone groups is 1. The highest BCUT2D eigenvalue weighted by molar-refractivity contribution is 7.91. The molecule has 0 radical (unpaired) electrons. The highest BCUT2D eigenvalue weighted by Gasteiger charge is 2.28. The molecule has 1 unspecified atom stereocenters. The predicted molar refractivity (Wildman–Crippen MR) is 70.2 cm³/mol. The molecule has 1 fully saturated rings.